The number of esters is 1. The van der Waals surface area contributed by atoms with Crippen LogP contribution in [-0.2, 0) is 14.3 Å². The minimum atomic E-state index is -0.373. The first-order valence-corrected chi connectivity index (χ1v) is 8.51. The maximum absolute atomic E-state index is 12.3. The highest BCUT2D eigenvalue weighted by Gasteiger charge is 2.24. The monoisotopic (exact) mass is 383 g/mol. The highest BCUT2D eigenvalue weighted by Crippen LogP contribution is 2.24. The SMILES string of the molecule is COC(=O)CCNC(=O)c1ccc(NC(=O)[C@H]2CC[C@H](N)CC2)cc1.Cl. The summed E-state index contributed by atoms with van der Waals surface area (Å²) >= 11 is 0. The first-order chi connectivity index (χ1) is 12.0. The van der Waals surface area contributed by atoms with E-state index in [0.29, 0.717) is 11.3 Å². The fourth-order valence-electron chi connectivity index (χ4n) is 2.81. The lowest BCUT2D eigenvalue weighted by Crippen LogP contribution is -2.32. The Hall–Kier alpha value is -2.12. The van der Waals surface area contributed by atoms with Crippen molar-refractivity contribution < 1.29 is 19.1 Å². The summed E-state index contributed by atoms with van der Waals surface area (Å²) in [6.07, 6.45) is 3.51. The number of hydrogen-bond acceptors (Lipinski definition) is 5. The van der Waals surface area contributed by atoms with Gasteiger partial charge in [-0.2, -0.15) is 0 Å². The van der Waals surface area contributed by atoms with Gasteiger partial charge in [-0.3, -0.25) is 14.4 Å². The second-order valence-electron chi connectivity index (χ2n) is 6.26. The number of nitrogens with one attached hydrogen (secondary N) is 2. The first kappa shape index (κ1) is 21.9. The van der Waals surface area contributed by atoms with E-state index in [1.54, 1.807) is 24.3 Å². The smallest absolute Gasteiger partial charge is 0.307 e. The van der Waals surface area contributed by atoms with Gasteiger partial charge in [0.1, 0.15) is 0 Å². The van der Waals surface area contributed by atoms with E-state index in [9.17, 15) is 14.4 Å². The molecule has 2 rings (SSSR count). The Morgan fingerprint density at radius 3 is 2.31 bits per heavy atom. The van der Waals surface area contributed by atoms with Crippen LogP contribution in [0, 0.1) is 5.92 Å². The molecule has 0 saturated heterocycles. The van der Waals surface area contributed by atoms with E-state index in [4.69, 9.17) is 5.73 Å². The van der Waals surface area contributed by atoms with Gasteiger partial charge in [0, 0.05) is 29.8 Å². The molecule has 1 fully saturated rings. The molecule has 0 atom stereocenters. The maximum atomic E-state index is 12.3. The highest BCUT2D eigenvalue weighted by molar-refractivity contribution is 5.96. The lowest BCUT2D eigenvalue weighted by molar-refractivity contribution is -0.140. The predicted molar refractivity (Wildman–Crippen MR) is 101 cm³/mol. The Morgan fingerprint density at radius 1 is 1.12 bits per heavy atom. The van der Waals surface area contributed by atoms with E-state index in [2.05, 4.69) is 15.4 Å². The molecular weight excluding hydrogens is 358 g/mol. The summed E-state index contributed by atoms with van der Waals surface area (Å²) in [5, 5.41) is 5.53. The molecule has 1 saturated carbocycles. The lowest BCUT2D eigenvalue weighted by atomic mass is 9.86. The third-order valence-corrected chi connectivity index (χ3v) is 4.40. The van der Waals surface area contributed by atoms with E-state index in [1.165, 1.54) is 7.11 Å². The van der Waals surface area contributed by atoms with Gasteiger partial charge in [-0.25, -0.2) is 0 Å². The molecule has 4 N–H and O–H groups in total. The standard InChI is InChI=1S/C18H25N3O4.ClH/c1-25-16(22)10-11-20-17(23)12-4-8-15(9-5-12)21-18(24)13-2-6-14(19)7-3-13;/h4-5,8-9,13-14H,2-3,6-7,10-11,19H2,1H3,(H,20,23)(H,21,24);1H/t13-,14-;. The number of carbonyl (C=O) groups excluding carboxylic acids is 3. The van der Waals surface area contributed by atoms with E-state index in [1.807, 2.05) is 0 Å². The molecule has 144 valence electrons. The number of anilines is 1. The van der Waals surface area contributed by atoms with Gasteiger partial charge >= 0.3 is 5.97 Å². The molecule has 0 bridgehead atoms. The molecule has 0 aromatic heterocycles. The fraction of sp³-hybridized carbons (Fsp3) is 0.500. The number of benzene rings is 1. The minimum Gasteiger partial charge on any atom is -0.469 e. The molecule has 0 aliphatic heterocycles. The van der Waals surface area contributed by atoms with Gasteiger partial charge in [-0.1, -0.05) is 0 Å². The Labute approximate surface area is 159 Å². The van der Waals surface area contributed by atoms with Gasteiger partial charge in [-0.05, 0) is 49.9 Å². The maximum Gasteiger partial charge on any atom is 0.307 e. The van der Waals surface area contributed by atoms with Crippen LogP contribution in [0.25, 0.3) is 0 Å². The third kappa shape index (κ3) is 6.65. The van der Waals surface area contributed by atoms with Crippen LogP contribution in [-0.4, -0.2) is 37.5 Å². The van der Waals surface area contributed by atoms with Crippen molar-refractivity contribution in [1.82, 2.24) is 5.32 Å². The Kier molecular flexibility index (Phi) is 9.09. The van der Waals surface area contributed by atoms with Gasteiger partial charge in [0.15, 0.2) is 0 Å². The number of hydrogen-bond donors (Lipinski definition) is 3. The molecular formula is C18H26ClN3O4. The third-order valence-electron chi connectivity index (χ3n) is 4.40. The number of halogens is 1. The molecule has 1 aromatic carbocycles. The average molecular weight is 384 g/mol. The van der Waals surface area contributed by atoms with Gasteiger partial charge in [0.25, 0.3) is 5.91 Å². The molecule has 1 aliphatic rings. The van der Waals surface area contributed by atoms with E-state index < -0.39 is 0 Å². The molecule has 8 heteroatoms. The zero-order chi connectivity index (χ0) is 18.2. The van der Waals surface area contributed by atoms with Gasteiger partial charge < -0.3 is 21.1 Å². The summed E-state index contributed by atoms with van der Waals surface area (Å²) in [6.45, 7) is 0.216. The lowest BCUT2D eigenvalue weighted by Gasteiger charge is -2.25. The predicted octanol–water partition coefficient (Wildman–Crippen LogP) is 1.86. The van der Waals surface area contributed by atoms with Crippen LogP contribution in [0.1, 0.15) is 42.5 Å². The van der Waals surface area contributed by atoms with E-state index in [-0.39, 0.29) is 55.1 Å². The Bertz CT molecular complexity index is 613. The van der Waals surface area contributed by atoms with Crippen LogP contribution in [0.2, 0.25) is 0 Å². The Balaban J connectivity index is 0.00000338. The number of amides is 2. The van der Waals surface area contributed by atoms with Gasteiger partial charge in [0.2, 0.25) is 5.91 Å². The van der Waals surface area contributed by atoms with Crippen molar-refractivity contribution in [3.05, 3.63) is 29.8 Å². The number of methoxy groups -OCH3 is 1. The molecule has 0 heterocycles. The van der Waals surface area contributed by atoms with Crippen molar-refractivity contribution in [1.29, 1.82) is 0 Å². The van der Waals surface area contributed by atoms with Crippen LogP contribution in [0.4, 0.5) is 5.69 Å². The van der Waals surface area contributed by atoms with Crippen LogP contribution >= 0.6 is 12.4 Å². The van der Waals surface area contributed by atoms with Crippen LogP contribution < -0.4 is 16.4 Å². The molecule has 26 heavy (non-hydrogen) atoms. The quantitative estimate of drug-likeness (QED) is 0.649. The molecule has 1 aliphatic carbocycles. The van der Waals surface area contributed by atoms with Crippen molar-refractivity contribution in [3.63, 3.8) is 0 Å². The van der Waals surface area contributed by atoms with Crippen molar-refractivity contribution in [2.45, 2.75) is 38.1 Å². The summed E-state index contributed by atoms with van der Waals surface area (Å²) in [7, 11) is 1.30. The summed E-state index contributed by atoms with van der Waals surface area (Å²) in [5.74, 6) is -0.645. The number of carbonyl (C=O) groups is 3. The fourth-order valence-corrected chi connectivity index (χ4v) is 2.81. The highest BCUT2D eigenvalue weighted by atomic mass is 35.5. The van der Waals surface area contributed by atoms with Crippen molar-refractivity contribution in [2.24, 2.45) is 11.7 Å². The number of rotatable bonds is 6. The van der Waals surface area contributed by atoms with E-state index in [0.717, 1.165) is 25.7 Å². The zero-order valence-corrected chi connectivity index (χ0v) is 15.6. The van der Waals surface area contributed by atoms with Crippen LogP contribution in [0.3, 0.4) is 0 Å². The van der Waals surface area contributed by atoms with Crippen molar-refractivity contribution in [2.75, 3.05) is 19.0 Å². The van der Waals surface area contributed by atoms with E-state index >= 15 is 0 Å². The summed E-state index contributed by atoms with van der Waals surface area (Å²) in [6, 6.07) is 6.88. The summed E-state index contributed by atoms with van der Waals surface area (Å²) in [5.41, 5.74) is 6.98. The summed E-state index contributed by atoms with van der Waals surface area (Å²) in [4.78, 5) is 35.2. The second-order valence-corrected chi connectivity index (χ2v) is 6.26. The molecule has 0 radical (unpaired) electrons. The molecule has 0 spiro atoms. The molecule has 0 unspecified atom stereocenters. The number of nitrogens with two attached hydrogens (primary N) is 1. The second kappa shape index (κ2) is 10.8. The van der Waals surface area contributed by atoms with Crippen molar-refractivity contribution >= 4 is 35.9 Å². The van der Waals surface area contributed by atoms with Gasteiger partial charge in [0.05, 0.1) is 13.5 Å². The zero-order valence-electron chi connectivity index (χ0n) is 14.8. The minimum absolute atomic E-state index is 0. The largest absolute Gasteiger partial charge is 0.469 e. The van der Waals surface area contributed by atoms with Gasteiger partial charge in [-0.15, -0.1) is 12.4 Å². The first-order valence-electron chi connectivity index (χ1n) is 8.51. The topological polar surface area (TPSA) is 111 Å². The van der Waals surface area contributed by atoms with Crippen LogP contribution in [0.15, 0.2) is 24.3 Å². The average Bonchev–Trinajstić information content (AvgIpc) is 2.62. The van der Waals surface area contributed by atoms with Crippen molar-refractivity contribution in [3.8, 4) is 0 Å². The molecule has 7 nitrogen and oxygen atoms in total. The van der Waals surface area contributed by atoms with Crippen LogP contribution in [0.5, 0.6) is 0 Å². The molecule has 1 aromatic rings. The number of ether oxygens (including phenoxy) is 1. The Morgan fingerprint density at radius 2 is 1.73 bits per heavy atom. The molecule has 2 amide bonds. The summed E-state index contributed by atoms with van der Waals surface area (Å²) < 4.78 is 4.51. The normalized spacial score (nSPS) is 19.0.